The van der Waals surface area contributed by atoms with Crippen LogP contribution in [0.1, 0.15) is 5.56 Å². The molecule has 0 unspecified atom stereocenters. The molecular formula is C15H14N2S. The number of anilines is 1. The normalized spacial score (nSPS) is 10.9. The summed E-state index contributed by atoms with van der Waals surface area (Å²) in [6.45, 7) is 2.05. The first-order valence-corrected chi connectivity index (χ1v) is 6.66. The molecule has 3 N–H and O–H groups in total. The Morgan fingerprint density at radius 2 is 1.89 bits per heavy atom. The fourth-order valence-electron chi connectivity index (χ4n) is 1.98. The second kappa shape index (κ2) is 4.42. The molecule has 90 valence electrons. The molecule has 0 spiro atoms. The van der Waals surface area contributed by atoms with Crippen molar-refractivity contribution in [2.24, 2.45) is 0 Å². The first-order valence-electron chi connectivity index (χ1n) is 5.84. The number of aromatic nitrogens is 1. The Hall–Kier alpha value is -1.87. The van der Waals surface area contributed by atoms with E-state index in [0.717, 1.165) is 21.1 Å². The van der Waals surface area contributed by atoms with E-state index < -0.39 is 0 Å². The van der Waals surface area contributed by atoms with Gasteiger partial charge in [-0.25, -0.2) is 0 Å². The lowest BCUT2D eigenvalue weighted by atomic mass is 10.2. The molecule has 0 bridgehead atoms. The fraction of sp³-hybridized carbons (Fsp3) is 0.0667. The molecule has 0 aliphatic rings. The van der Waals surface area contributed by atoms with Crippen molar-refractivity contribution < 1.29 is 0 Å². The summed E-state index contributed by atoms with van der Waals surface area (Å²) < 4.78 is 0. The average molecular weight is 254 g/mol. The summed E-state index contributed by atoms with van der Waals surface area (Å²) >= 11 is 1.67. The molecule has 2 aromatic carbocycles. The Balaban J connectivity index is 1.96. The monoisotopic (exact) mass is 254 g/mol. The van der Waals surface area contributed by atoms with Crippen LogP contribution in [0.15, 0.2) is 58.5 Å². The molecule has 18 heavy (non-hydrogen) atoms. The van der Waals surface area contributed by atoms with Crippen molar-refractivity contribution in [3.8, 4) is 0 Å². The van der Waals surface area contributed by atoms with Gasteiger partial charge in [-0.1, -0.05) is 36.0 Å². The summed E-state index contributed by atoms with van der Waals surface area (Å²) in [6.07, 6.45) is 0. The van der Waals surface area contributed by atoms with Crippen LogP contribution >= 0.6 is 11.8 Å². The van der Waals surface area contributed by atoms with E-state index in [0.29, 0.717) is 0 Å². The van der Waals surface area contributed by atoms with Crippen molar-refractivity contribution in [1.29, 1.82) is 0 Å². The zero-order valence-corrected chi connectivity index (χ0v) is 10.9. The number of para-hydroxylation sites is 1. The van der Waals surface area contributed by atoms with Gasteiger partial charge in [0.15, 0.2) is 0 Å². The lowest BCUT2D eigenvalue weighted by Gasteiger charge is -2.04. The third kappa shape index (κ3) is 2.09. The van der Waals surface area contributed by atoms with Crippen molar-refractivity contribution in [3.05, 3.63) is 54.1 Å². The molecule has 0 atom stereocenters. The molecular weight excluding hydrogens is 240 g/mol. The minimum absolute atomic E-state index is 0.832. The summed E-state index contributed by atoms with van der Waals surface area (Å²) in [6, 6.07) is 16.6. The van der Waals surface area contributed by atoms with Crippen molar-refractivity contribution in [2.45, 2.75) is 16.8 Å². The van der Waals surface area contributed by atoms with Gasteiger partial charge in [-0.3, -0.25) is 0 Å². The Morgan fingerprint density at radius 3 is 2.67 bits per heavy atom. The van der Waals surface area contributed by atoms with E-state index in [-0.39, 0.29) is 0 Å². The number of benzene rings is 2. The number of aromatic amines is 1. The number of nitrogens with two attached hydrogens (primary N) is 1. The number of aryl methyl sites for hydroxylation is 1. The molecule has 3 aromatic rings. The van der Waals surface area contributed by atoms with Gasteiger partial charge in [-0.05, 0) is 36.8 Å². The van der Waals surface area contributed by atoms with Crippen LogP contribution in [-0.4, -0.2) is 4.98 Å². The lowest BCUT2D eigenvalue weighted by molar-refractivity contribution is 1.23. The maximum Gasteiger partial charge on any atom is 0.0781 e. The predicted octanol–water partition coefficient (Wildman–Crippen LogP) is 4.21. The van der Waals surface area contributed by atoms with Gasteiger partial charge in [0.1, 0.15) is 0 Å². The van der Waals surface area contributed by atoms with Crippen LogP contribution in [0.2, 0.25) is 0 Å². The molecule has 3 rings (SSSR count). The molecule has 0 radical (unpaired) electrons. The topological polar surface area (TPSA) is 41.8 Å². The SMILES string of the molecule is Cc1ccc(Sc2cc3ccccc3[nH]2)c(N)c1. The number of nitrogens with one attached hydrogen (secondary N) is 1. The summed E-state index contributed by atoms with van der Waals surface area (Å²) in [5, 5.41) is 2.34. The molecule has 0 amide bonds. The van der Waals surface area contributed by atoms with Crippen LogP contribution in [0.5, 0.6) is 0 Å². The van der Waals surface area contributed by atoms with Crippen LogP contribution in [0.3, 0.4) is 0 Å². The first-order chi connectivity index (χ1) is 8.72. The highest BCUT2D eigenvalue weighted by Crippen LogP contribution is 2.33. The van der Waals surface area contributed by atoms with E-state index >= 15 is 0 Å². The summed E-state index contributed by atoms with van der Waals surface area (Å²) in [4.78, 5) is 4.48. The largest absolute Gasteiger partial charge is 0.398 e. The molecule has 2 nitrogen and oxygen atoms in total. The summed E-state index contributed by atoms with van der Waals surface area (Å²) in [7, 11) is 0. The number of rotatable bonds is 2. The van der Waals surface area contributed by atoms with Crippen LogP contribution in [0, 0.1) is 6.92 Å². The minimum atomic E-state index is 0.832. The minimum Gasteiger partial charge on any atom is -0.398 e. The fourth-order valence-corrected chi connectivity index (χ4v) is 2.88. The number of nitrogen functional groups attached to an aromatic ring is 1. The van der Waals surface area contributed by atoms with Crippen LogP contribution in [0.4, 0.5) is 5.69 Å². The molecule has 0 fully saturated rings. The van der Waals surface area contributed by atoms with Gasteiger partial charge in [0.05, 0.1) is 5.03 Å². The zero-order valence-electron chi connectivity index (χ0n) is 10.1. The molecule has 1 aromatic heterocycles. The van der Waals surface area contributed by atoms with E-state index in [4.69, 9.17) is 5.73 Å². The predicted molar refractivity (Wildman–Crippen MR) is 78.0 cm³/mol. The molecule has 0 aliphatic carbocycles. The smallest absolute Gasteiger partial charge is 0.0781 e. The average Bonchev–Trinajstić information content (AvgIpc) is 2.75. The van der Waals surface area contributed by atoms with Gasteiger partial charge in [0.2, 0.25) is 0 Å². The van der Waals surface area contributed by atoms with E-state index in [2.05, 4.69) is 35.3 Å². The summed E-state index contributed by atoms with van der Waals surface area (Å²) in [5.41, 5.74) is 9.21. The van der Waals surface area contributed by atoms with E-state index in [1.165, 1.54) is 10.9 Å². The van der Waals surface area contributed by atoms with Crippen molar-refractivity contribution >= 4 is 28.4 Å². The van der Waals surface area contributed by atoms with Crippen molar-refractivity contribution in [1.82, 2.24) is 4.98 Å². The number of hydrogen-bond donors (Lipinski definition) is 2. The van der Waals surface area contributed by atoms with Gasteiger partial charge in [0.25, 0.3) is 0 Å². The van der Waals surface area contributed by atoms with Crippen molar-refractivity contribution in [2.75, 3.05) is 5.73 Å². The van der Waals surface area contributed by atoms with Crippen molar-refractivity contribution in [3.63, 3.8) is 0 Å². The lowest BCUT2D eigenvalue weighted by Crippen LogP contribution is -1.89. The van der Waals surface area contributed by atoms with Gasteiger partial charge in [-0.2, -0.15) is 0 Å². The Bertz CT molecular complexity index is 668. The van der Waals surface area contributed by atoms with Gasteiger partial charge >= 0.3 is 0 Å². The molecule has 0 saturated heterocycles. The Morgan fingerprint density at radius 1 is 1.06 bits per heavy atom. The van der Waals surface area contributed by atoms with Gasteiger partial charge in [0, 0.05) is 21.5 Å². The third-order valence-electron chi connectivity index (χ3n) is 2.89. The molecule has 0 aliphatic heterocycles. The summed E-state index contributed by atoms with van der Waals surface area (Å²) in [5.74, 6) is 0. The number of fused-ring (bicyclic) bond motifs is 1. The van der Waals surface area contributed by atoms with Crippen LogP contribution in [0.25, 0.3) is 10.9 Å². The first kappa shape index (κ1) is 11.2. The number of H-pyrrole nitrogens is 1. The second-order valence-corrected chi connectivity index (χ2v) is 5.45. The Labute approximate surface area is 110 Å². The highest BCUT2D eigenvalue weighted by Gasteiger charge is 2.05. The molecule has 0 saturated carbocycles. The Kier molecular flexibility index (Phi) is 2.76. The highest BCUT2D eigenvalue weighted by atomic mass is 32.2. The van der Waals surface area contributed by atoms with E-state index in [9.17, 15) is 0 Å². The zero-order chi connectivity index (χ0) is 12.5. The third-order valence-corrected chi connectivity index (χ3v) is 3.92. The van der Waals surface area contributed by atoms with Crippen LogP contribution in [-0.2, 0) is 0 Å². The second-order valence-electron chi connectivity index (χ2n) is 4.36. The highest BCUT2D eigenvalue weighted by molar-refractivity contribution is 7.99. The molecule has 3 heteroatoms. The maximum atomic E-state index is 6.03. The van der Waals surface area contributed by atoms with Crippen LogP contribution < -0.4 is 5.73 Å². The van der Waals surface area contributed by atoms with Gasteiger partial charge < -0.3 is 10.7 Å². The quantitative estimate of drug-likeness (QED) is 0.673. The van der Waals surface area contributed by atoms with E-state index in [1.807, 2.05) is 25.1 Å². The van der Waals surface area contributed by atoms with Gasteiger partial charge in [-0.15, -0.1) is 0 Å². The number of hydrogen-bond acceptors (Lipinski definition) is 2. The van der Waals surface area contributed by atoms with E-state index in [1.54, 1.807) is 11.8 Å². The standard InChI is InChI=1S/C15H14N2S/c1-10-6-7-14(12(16)8-10)18-15-9-11-4-2-3-5-13(11)17-15/h2-9,17H,16H2,1H3. The molecule has 1 heterocycles. The maximum absolute atomic E-state index is 6.03.